The number of hydrogen-bond acceptors (Lipinski definition) is 1. The van der Waals surface area contributed by atoms with Crippen LogP contribution in [0.5, 0.6) is 0 Å². The van der Waals surface area contributed by atoms with Crippen molar-refractivity contribution < 1.29 is 5.11 Å². The minimum absolute atomic E-state index is 0.271. The molecular weight excluding hydrogens is 160 g/mol. The fourth-order valence-electron chi connectivity index (χ4n) is 3.07. The normalized spacial score (nSPS) is 46.8. The van der Waals surface area contributed by atoms with Crippen molar-refractivity contribution in [2.75, 3.05) is 0 Å². The van der Waals surface area contributed by atoms with Crippen molar-refractivity contribution in [1.29, 1.82) is 0 Å². The Morgan fingerprint density at radius 1 is 1.15 bits per heavy atom. The molecule has 0 aromatic heterocycles. The summed E-state index contributed by atoms with van der Waals surface area (Å²) >= 11 is 0. The maximum absolute atomic E-state index is 9.60. The highest BCUT2D eigenvalue weighted by Crippen LogP contribution is 2.51. The van der Waals surface area contributed by atoms with Crippen LogP contribution in [0.25, 0.3) is 0 Å². The van der Waals surface area contributed by atoms with Crippen molar-refractivity contribution in [3.8, 4) is 0 Å². The average Bonchev–Trinajstić information content (AvgIpc) is 2.72. The SMILES string of the molecule is C[C@H](O)C1=C[C@@H]2C=C[C@H]3C=C[C@H]1[C@@H]32. The number of aliphatic hydroxyl groups is 1. The minimum Gasteiger partial charge on any atom is -0.389 e. The lowest BCUT2D eigenvalue weighted by Crippen LogP contribution is -2.16. The fourth-order valence-corrected chi connectivity index (χ4v) is 3.07. The van der Waals surface area contributed by atoms with Crippen LogP contribution in [0.15, 0.2) is 36.0 Å². The van der Waals surface area contributed by atoms with Gasteiger partial charge in [0.25, 0.3) is 0 Å². The molecule has 3 aliphatic rings. The molecule has 0 saturated carbocycles. The highest BCUT2D eigenvalue weighted by atomic mass is 16.3. The Morgan fingerprint density at radius 3 is 2.62 bits per heavy atom. The summed E-state index contributed by atoms with van der Waals surface area (Å²) in [5.41, 5.74) is 1.23. The summed E-state index contributed by atoms with van der Waals surface area (Å²) in [7, 11) is 0. The number of hydrogen-bond donors (Lipinski definition) is 1. The van der Waals surface area contributed by atoms with Gasteiger partial charge >= 0.3 is 0 Å². The molecule has 13 heavy (non-hydrogen) atoms. The Bertz CT molecular complexity index is 322. The van der Waals surface area contributed by atoms with Gasteiger partial charge in [0.2, 0.25) is 0 Å². The van der Waals surface area contributed by atoms with Crippen LogP contribution < -0.4 is 0 Å². The summed E-state index contributed by atoms with van der Waals surface area (Å²) in [4.78, 5) is 0. The topological polar surface area (TPSA) is 20.2 Å². The van der Waals surface area contributed by atoms with E-state index in [2.05, 4.69) is 30.4 Å². The lowest BCUT2D eigenvalue weighted by Gasteiger charge is -2.18. The van der Waals surface area contributed by atoms with Gasteiger partial charge in [0.05, 0.1) is 6.10 Å². The first kappa shape index (κ1) is 7.57. The van der Waals surface area contributed by atoms with E-state index in [4.69, 9.17) is 0 Å². The standard InChI is InChI=1S/C12H14O/c1-7(13)11-6-9-3-2-8-4-5-10(11)12(8)9/h2-10,12-13H,1H3/t7-,8-,9-,10+,12-/m0/s1. The number of aliphatic hydroxyl groups excluding tert-OH is 1. The van der Waals surface area contributed by atoms with Gasteiger partial charge < -0.3 is 5.11 Å². The molecule has 5 atom stereocenters. The monoisotopic (exact) mass is 174 g/mol. The largest absolute Gasteiger partial charge is 0.389 e. The Hall–Kier alpha value is -0.820. The second kappa shape index (κ2) is 2.36. The average molecular weight is 174 g/mol. The van der Waals surface area contributed by atoms with Crippen LogP contribution in [0.2, 0.25) is 0 Å². The fraction of sp³-hybridized carbons (Fsp3) is 0.500. The molecule has 0 aromatic rings. The van der Waals surface area contributed by atoms with E-state index in [1.165, 1.54) is 5.57 Å². The van der Waals surface area contributed by atoms with E-state index in [9.17, 15) is 5.11 Å². The summed E-state index contributed by atoms with van der Waals surface area (Å²) in [6.07, 6.45) is 11.2. The zero-order valence-corrected chi connectivity index (χ0v) is 7.72. The molecule has 3 aliphatic carbocycles. The zero-order valence-electron chi connectivity index (χ0n) is 7.72. The third kappa shape index (κ3) is 0.856. The summed E-state index contributed by atoms with van der Waals surface area (Å²) in [5.74, 6) is 2.46. The van der Waals surface area contributed by atoms with E-state index in [0.717, 1.165) is 0 Å². The summed E-state index contributed by atoms with van der Waals surface area (Å²) in [5, 5.41) is 9.60. The van der Waals surface area contributed by atoms with Crippen LogP contribution in [-0.4, -0.2) is 11.2 Å². The van der Waals surface area contributed by atoms with E-state index in [-0.39, 0.29) is 6.10 Å². The second-order valence-electron chi connectivity index (χ2n) is 4.37. The molecule has 1 nitrogen and oxygen atoms in total. The molecule has 1 N–H and O–H groups in total. The van der Waals surface area contributed by atoms with Crippen molar-refractivity contribution in [2.45, 2.75) is 13.0 Å². The van der Waals surface area contributed by atoms with E-state index in [1.807, 2.05) is 6.92 Å². The number of rotatable bonds is 1. The van der Waals surface area contributed by atoms with E-state index in [1.54, 1.807) is 0 Å². The molecular formula is C12H14O. The van der Waals surface area contributed by atoms with Crippen LogP contribution in [0.3, 0.4) is 0 Å². The Labute approximate surface area is 78.5 Å². The Balaban J connectivity index is 2.02. The molecule has 0 unspecified atom stereocenters. The van der Waals surface area contributed by atoms with E-state index < -0.39 is 0 Å². The van der Waals surface area contributed by atoms with Gasteiger partial charge in [0.1, 0.15) is 0 Å². The van der Waals surface area contributed by atoms with Crippen molar-refractivity contribution >= 4 is 0 Å². The number of allylic oxidation sites excluding steroid dienone is 5. The van der Waals surface area contributed by atoms with Gasteiger partial charge in [0, 0.05) is 5.92 Å². The summed E-state index contributed by atoms with van der Waals surface area (Å²) in [6, 6.07) is 0. The molecule has 0 fully saturated rings. The first-order chi connectivity index (χ1) is 6.27. The molecule has 0 aromatic carbocycles. The molecule has 0 heterocycles. The van der Waals surface area contributed by atoms with Gasteiger partial charge in [-0.15, -0.1) is 0 Å². The van der Waals surface area contributed by atoms with E-state index >= 15 is 0 Å². The van der Waals surface area contributed by atoms with Crippen molar-refractivity contribution in [3.63, 3.8) is 0 Å². The van der Waals surface area contributed by atoms with Crippen LogP contribution >= 0.6 is 0 Å². The second-order valence-corrected chi connectivity index (χ2v) is 4.37. The predicted molar refractivity (Wildman–Crippen MR) is 52.0 cm³/mol. The Morgan fingerprint density at radius 2 is 1.85 bits per heavy atom. The predicted octanol–water partition coefficient (Wildman–Crippen LogP) is 1.91. The van der Waals surface area contributed by atoms with Crippen LogP contribution in [-0.2, 0) is 0 Å². The molecule has 0 bridgehead atoms. The third-order valence-electron chi connectivity index (χ3n) is 3.65. The van der Waals surface area contributed by atoms with Gasteiger partial charge in [-0.2, -0.15) is 0 Å². The van der Waals surface area contributed by atoms with Gasteiger partial charge in [0.15, 0.2) is 0 Å². The molecule has 68 valence electrons. The van der Waals surface area contributed by atoms with Crippen LogP contribution in [0.4, 0.5) is 0 Å². The van der Waals surface area contributed by atoms with Gasteiger partial charge in [-0.25, -0.2) is 0 Å². The molecule has 0 amide bonds. The lowest BCUT2D eigenvalue weighted by atomic mass is 9.86. The highest BCUT2D eigenvalue weighted by molar-refractivity contribution is 5.38. The third-order valence-corrected chi connectivity index (χ3v) is 3.65. The smallest absolute Gasteiger partial charge is 0.0728 e. The minimum atomic E-state index is -0.271. The first-order valence-corrected chi connectivity index (χ1v) is 5.03. The van der Waals surface area contributed by atoms with Gasteiger partial charge in [-0.1, -0.05) is 30.4 Å². The van der Waals surface area contributed by atoms with Crippen molar-refractivity contribution in [2.24, 2.45) is 23.7 Å². The molecule has 0 aliphatic heterocycles. The molecule has 0 saturated heterocycles. The molecule has 0 spiro atoms. The van der Waals surface area contributed by atoms with Crippen molar-refractivity contribution in [3.05, 3.63) is 36.0 Å². The van der Waals surface area contributed by atoms with Crippen molar-refractivity contribution in [1.82, 2.24) is 0 Å². The maximum Gasteiger partial charge on any atom is 0.0728 e. The summed E-state index contributed by atoms with van der Waals surface area (Å²) < 4.78 is 0. The highest BCUT2D eigenvalue weighted by Gasteiger charge is 2.44. The zero-order chi connectivity index (χ0) is 9.00. The Kier molecular flexibility index (Phi) is 1.37. The molecule has 0 radical (unpaired) electrons. The van der Waals surface area contributed by atoms with E-state index in [0.29, 0.717) is 23.7 Å². The first-order valence-electron chi connectivity index (χ1n) is 5.03. The van der Waals surface area contributed by atoms with Crippen LogP contribution in [0, 0.1) is 23.7 Å². The van der Waals surface area contributed by atoms with Gasteiger partial charge in [-0.05, 0) is 30.3 Å². The lowest BCUT2D eigenvalue weighted by molar-refractivity contribution is 0.217. The molecule has 1 heteroatoms. The van der Waals surface area contributed by atoms with Crippen LogP contribution in [0.1, 0.15) is 6.92 Å². The summed E-state index contributed by atoms with van der Waals surface area (Å²) in [6.45, 7) is 1.87. The molecule has 3 rings (SSSR count). The van der Waals surface area contributed by atoms with Gasteiger partial charge in [-0.3, -0.25) is 0 Å². The quantitative estimate of drug-likeness (QED) is 0.602. The maximum atomic E-state index is 9.60.